The molecule has 0 atom stereocenters. The minimum absolute atomic E-state index is 0.243. The normalized spacial score (nSPS) is 10.6. The van der Waals surface area contributed by atoms with Crippen molar-refractivity contribution in [1.29, 1.82) is 0 Å². The van der Waals surface area contributed by atoms with Gasteiger partial charge in [-0.2, -0.15) is 0 Å². The topological polar surface area (TPSA) is 30.0 Å². The van der Waals surface area contributed by atoms with Gasteiger partial charge in [-0.1, -0.05) is 66.2 Å². The van der Waals surface area contributed by atoms with Crippen LogP contribution in [0.25, 0.3) is 22.0 Å². The number of benzene rings is 2. The molecule has 0 aliphatic heterocycles. The van der Waals surface area contributed by atoms with Gasteiger partial charge in [-0.3, -0.25) is 4.79 Å². The maximum absolute atomic E-state index is 11.2. The van der Waals surface area contributed by atoms with Crippen molar-refractivity contribution in [2.24, 2.45) is 0 Å². The largest absolute Gasteiger partial charge is 0.298 e. The monoisotopic (exact) mass is 267 g/mol. The van der Waals surface area contributed by atoms with Gasteiger partial charge in [-0.25, -0.2) is 4.98 Å². The van der Waals surface area contributed by atoms with Crippen molar-refractivity contribution in [3.05, 3.63) is 65.3 Å². The van der Waals surface area contributed by atoms with Crippen LogP contribution in [0.4, 0.5) is 0 Å². The number of carbonyl (C=O) groups is 1. The Kier molecular flexibility index (Phi) is 3.02. The van der Waals surface area contributed by atoms with Crippen LogP contribution in [0.15, 0.2) is 54.6 Å². The SMILES string of the molecule is O=Cc1c(Cl)nc(-c2ccccc2)c2ccccc12. The Morgan fingerprint density at radius 1 is 0.895 bits per heavy atom. The minimum atomic E-state index is 0.243. The highest BCUT2D eigenvalue weighted by atomic mass is 35.5. The molecule has 2 nitrogen and oxygen atoms in total. The summed E-state index contributed by atoms with van der Waals surface area (Å²) < 4.78 is 0. The quantitative estimate of drug-likeness (QED) is 0.510. The van der Waals surface area contributed by atoms with E-state index in [1.807, 2.05) is 54.6 Å². The van der Waals surface area contributed by atoms with Gasteiger partial charge in [0.05, 0.1) is 11.3 Å². The first kappa shape index (κ1) is 11.9. The van der Waals surface area contributed by atoms with Crippen LogP contribution in [0.2, 0.25) is 5.15 Å². The molecule has 0 saturated heterocycles. The highest BCUT2D eigenvalue weighted by Gasteiger charge is 2.12. The van der Waals surface area contributed by atoms with Crippen LogP contribution in [0.1, 0.15) is 10.4 Å². The lowest BCUT2D eigenvalue weighted by Crippen LogP contribution is -1.93. The Morgan fingerprint density at radius 2 is 1.53 bits per heavy atom. The lowest BCUT2D eigenvalue weighted by molar-refractivity contribution is 0.112. The zero-order valence-electron chi connectivity index (χ0n) is 10.0. The Labute approximate surface area is 115 Å². The highest BCUT2D eigenvalue weighted by molar-refractivity contribution is 6.33. The number of aldehydes is 1. The second kappa shape index (κ2) is 4.82. The average molecular weight is 268 g/mol. The third kappa shape index (κ3) is 2.00. The number of fused-ring (bicyclic) bond motifs is 1. The van der Waals surface area contributed by atoms with Crippen molar-refractivity contribution >= 4 is 28.7 Å². The Hall–Kier alpha value is -2.19. The predicted molar refractivity (Wildman–Crippen MR) is 77.6 cm³/mol. The fourth-order valence-electron chi connectivity index (χ4n) is 2.18. The van der Waals surface area contributed by atoms with Gasteiger partial charge < -0.3 is 0 Å². The van der Waals surface area contributed by atoms with E-state index in [1.165, 1.54) is 0 Å². The van der Waals surface area contributed by atoms with E-state index in [2.05, 4.69) is 4.98 Å². The van der Waals surface area contributed by atoms with Crippen LogP contribution in [-0.2, 0) is 0 Å². The van der Waals surface area contributed by atoms with Gasteiger partial charge in [-0.15, -0.1) is 0 Å². The molecule has 92 valence electrons. The molecule has 0 fully saturated rings. The summed E-state index contributed by atoms with van der Waals surface area (Å²) in [6.07, 6.45) is 0.756. The number of carbonyl (C=O) groups excluding carboxylic acids is 1. The number of halogens is 1. The molecule has 3 aromatic rings. The molecule has 0 unspecified atom stereocenters. The van der Waals surface area contributed by atoms with Crippen LogP contribution in [0.5, 0.6) is 0 Å². The summed E-state index contributed by atoms with van der Waals surface area (Å²) in [6.45, 7) is 0. The molecule has 1 heterocycles. The fraction of sp³-hybridized carbons (Fsp3) is 0. The van der Waals surface area contributed by atoms with E-state index in [1.54, 1.807) is 0 Å². The molecule has 0 N–H and O–H groups in total. The Bertz CT molecular complexity index is 753. The summed E-state index contributed by atoms with van der Waals surface area (Å²) in [4.78, 5) is 15.5. The van der Waals surface area contributed by atoms with Crippen LogP contribution in [0, 0.1) is 0 Å². The third-order valence-corrected chi connectivity index (χ3v) is 3.36. The molecule has 2 aromatic carbocycles. The van der Waals surface area contributed by atoms with Crippen molar-refractivity contribution in [3.8, 4) is 11.3 Å². The molecule has 3 heteroatoms. The molecule has 0 amide bonds. The number of pyridine rings is 1. The second-order valence-electron chi connectivity index (χ2n) is 4.19. The lowest BCUT2D eigenvalue weighted by atomic mass is 10.0. The lowest BCUT2D eigenvalue weighted by Gasteiger charge is -2.09. The molecule has 1 aromatic heterocycles. The molecular weight excluding hydrogens is 258 g/mol. The second-order valence-corrected chi connectivity index (χ2v) is 4.55. The van der Waals surface area contributed by atoms with Crippen LogP contribution in [0.3, 0.4) is 0 Å². The van der Waals surface area contributed by atoms with Crippen molar-refractivity contribution in [2.45, 2.75) is 0 Å². The Balaban J connectivity index is 2.41. The van der Waals surface area contributed by atoms with Gasteiger partial charge in [0.1, 0.15) is 5.15 Å². The fourth-order valence-corrected chi connectivity index (χ4v) is 2.41. The molecule has 0 aliphatic carbocycles. The first-order valence-corrected chi connectivity index (χ1v) is 6.28. The van der Waals surface area contributed by atoms with Gasteiger partial charge in [0.2, 0.25) is 0 Å². The average Bonchev–Trinajstić information content (AvgIpc) is 2.47. The van der Waals surface area contributed by atoms with Crippen LogP contribution < -0.4 is 0 Å². The summed E-state index contributed by atoms with van der Waals surface area (Å²) in [5.74, 6) is 0. The maximum Gasteiger partial charge on any atom is 0.153 e. The third-order valence-electron chi connectivity index (χ3n) is 3.07. The van der Waals surface area contributed by atoms with Crippen LogP contribution in [-0.4, -0.2) is 11.3 Å². The van der Waals surface area contributed by atoms with Gasteiger partial charge in [0.15, 0.2) is 6.29 Å². The summed E-state index contributed by atoms with van der Waals surface area (Å²) in [5, 5.41) is 2.00. The van der Waals surface area contributed by atoms with Crippen molar-refractivity contribution in [2.75, 3.05) is 0 Å². The van der Waals surface area contributed by atoms with Gasteiger partial charge in [0.25, 0.3) is 0 Å². The van der Waals surface area contributed by atoms with E-state index in [4.69, 9.17) is 11.6 Å². The molecule has 19 heavy (non-hydrogen) atoms. The van der Waals surface area contributed by atoms with E-state index in [9.17, 15) is 4.79 Å². The molecular formula is C16H10ClNO. The smallest absolute Gasteiger partial charge is 0.153 e. The van der Waals surface area contributed by atoms with Gasteiger partial charge in [0, 0.05) is 10.9 Å². The number of aromatic nitrogens is 1. The van der Waals surface area contributed by atoms with E-state index in [0.717, 1.165) is 28.3 Å². The molecule has 0 spiro atoms. The van der Waals surface area contributed by atoms with Gasteiger partial charge >= 0.3 is 0 Å². The molecule has 0 bridgehead atoms. The molecule has 0 saturated carbocycles. The van der Waals surface area contributed by atoms with E-state index in [0.29, 0.717) is 5.56 Å². The summed E-state index contributed by atoms with van der Waals surface area (Å²) in [5.41, 5.74) is 2.22. The zero-order chi connectivity index (χ0) is 13.2. The number of nitrogens with zero attached hydrogens (tertiary/aromatic N) is 1. The van der Waals surface area contributed by atoms with E-state index in [-0.39, 0.29) is 5.15 Å². The standard InChI is InChI=1S/C16H10ClNO/c17-16-14(10-19)12-8-4-5-9-13(12)15(18-16)11-6-2-1-3-7-11/h1-10H. The zero-order valence-corrected chi connectivity index (χ0v) is 10.8. The number of rotatable bonds is 2. The van der Waals surface area contributed by atoms with Crippen molar-refractivity contribution in [1.82, 2.24) is 4.98 Å². The van der Waals surface area contributed by atoms with Crippen molar-refractivity contribution < 1.29 is 4.79 Å². The minimum Gasteiger partial charge on any atom is -0.298 e. The highest BCUT2D eigenvalue weighted by Crippen LogP contribution is 2.31. The maximum atomic E-state index is 11.2. The first-order chi connectivity index (χ1) is 9.31. The van der Waals surface area contributed by atoms with Crippen LogP contribution >= 0.6 is 11.6 Å². The van der Waals surface area contributed by atoms with E-state index < -0.39 is 0 Å². The predicted octanol–water partition coefficient (Wildman–Crippen LogP) is 4.37. The summed E-state index contributed by atoms with van der Waals surface area (Å²) >= 11 is 6.12. The summed E-state index contributed by atoms with van der Waals surface area (Å²) in [6, 6.07) is 17.5. The van der Waals surface area contributed by atoms with Gasteiger partial charge in [-0.05, 0) is 5.39 Å². The number of hydrogen-bond donors (Lipinski definition) is 0. The first-order valence-electron chi connectivity index (χ1n) is 5.90. The number of hydrogen-bond acceptors (Lipinski definition) is 2. The Morgan fingerprint density at radius 3 is 2.21 bits per heavy atom. The van der Waals surface area contributed by atoms with E-state index >= 15 is 0 Å². The molecule has 0 radical (unpaired) electrons. The van der Waals surface area contributed by atoms with Crippen molar-refractivity contribution in [3.63, 3.8) is 0 Å². The molecule has 0 aliphatic rings. The summed E-state index contributed by atoms with van der Waals surface area (Å²) in [7, 11) is 0. The molecule has 3 rings (SSSR count).